The molecule has 1 aromatic carbocycles. The summed E-state index contributed by atoms with van der Waals surface area (Å²) in [6.07, 6.45) is 0.998. The van der Waals surface area contributed by atoms with Crippen molar-refractivity contribution in [2.75, 3.05) is 19.5 Å². The molecule has 0 saturated heterocycles. The van der Waals surface area contributed by atoms with Crippen LogP contribution in [0.3, 0.4) is 0 Å². The number of rotatable bonds is 4. The third kappa shape index (κ3) is 3.36. The Kier molecular flexibility index (Phi) is 5.03. The SMILES string of the molecule is CCn1c2c(c(=O)[nH]c1=O)C(c1cc(OC)ccc1OC)C1=C(CC(C)(C)CC1=O)N2. The molecule has 31 heavy (non-hydrogen) atoms. The zero-order valence-electron chi connectivity index (χ0n) is 18.4. The first kappa shape index (κ1) is 21.0. The lowest BCUT2D eigenvalue weighted by atomic mass is 9.69. The minimum absolute atomic E-state index is 0.0204. The number of hydrogen-bond acceptors (Lipinski definition) is 6. The molecule has 0 radical (unpaired) electrons. The zero-order chi connectivity index (χ0) is 22.5. The van der Waals surface area contributed by atoms with Crippen LogP contribution in [-0.4, -0.2) is 29.6 Å². The van der Waals surface area contributed by atoms with Crippen molar-refractivity contribution >= 4 is 11.6 Å². The maximum absolute atomic E-state index is 13.4. The lowest BCUT2D eigenvalue weighted by Crippen LogP contribution is -2.41. The lowest BCUT2D eigenvalue weighted by Gasteiger charge is -2.39. The normalized spacial score (nSPS) is 19.4. The van der Waals surface area contributed by atoms with Crippen LogP contribution in [0.4, 0.5) is 5.82 Å². The molecule has 1 unspecified atom stereocenters. The molecule has 164 valence electrons. The summed E-state index contributed by atoms with van der Waals surface area (Å²) in [6, 6.07) is 5.32. The number of methoxy groups -OCH3 is 2. The van der Waals surface area contributed by atoms with Crippen LogP contribution >= 0.6 is 0 Å². The van der Waals surface area contributed by atoms with E-state index in [0.29, 0.717) is 53.4 Å². The Hall–Kier alpha value is -3.29. The lowest BCUT2D eigenvalue weighted by molar-refractivity contribution is -0.118. The van der Waals surface area contributed by atoms with Crippen LogP contribution in [0.15, 0.2) is 39.1 Å². The number of nitrogens with zero attached hydrogens (tertiary/aromatic N) is 1. The zero-order valence-corrected chi connectivity index (χ0v) is 18.4. The summed E-state index contributed by atoms with van der Waals surface area (Å²) in [5.41, 5.74) is 1.04. The maximum atomic E-state index is 13.4. The summed E-state index contributed by atoms with van der Waals surface area (Å²) >= 11 is 0. The number of carbonyl (C=O) groups excluding carboxylic acids is 1. The summed E-state index contributed by atoms with van der Waals surface area (Å²) in [6.45, 7) is 6.28. The molecule has 2 aromatic rings. The molecule has 1 aromatic heterocycles. The van der Waals surface area contributed by atoms with Gasteiger partial charge >= 0.3 is 5.69 Å². The highest BCUT2D eigenvalue weighted by atomic mass is 16.5. The Bertz CT molecular complexity index is 1220. The number of nitrogens with one attached hydrogen (secondary N) is 2. The summed E-state index contributed by atoms with van der Waals surface area (Å²) < 4.78 is 12.5. The first-order valence-corrected chi connectivity index (χ1v) is 10.3. The quantitative estimate of drug-likeness (QED) is 0.781. The van der Waals surface area contributed by atoms with Gasteiger partial charge in [-0.2, -0.15) is 0 Å². The molecule has 8 heteroatoms. The Balaban J connectivity index is 2.10. The summed E-state index contributed by atoms with van der Waals surface area (Å²) in [4.78, 5) is 41.4. The highest BCUT2D eigenvalue weighted by Gasteiger charge is 2.43. The Labute approximate surface area is 179 Å². The van der Waals surface area contributed by atoms with Gasteiger partial charge < -0.3 is 14.8 Å². The minimum atomic E-state index is -0.679. The van der Waals surface area contributed by atoms with Crippen LogP contribution in [0, 0.1) is 5.41 Å². The fourth-order valence-electron chi connectivity index (χ4n) is 4.74. The van der Waals surface area contributed by atoms with Gasteiger partial charge in [0.25, 0.3) is 5.56 Å². The molecule has 1 atom stereocenters. The number of aromatic amines is 1. The van der Waals surface area contributed by atoms with E-state index in [1.54, 1.807) is 32.4 Å². The fourth-order valence-corrected chi connectivity index (χ4v) is 4.74. The van der Waals surface area contributed by atoms with Crippen LogP contribution in [-0.2, 0) is 11.3 Å². The molecular weight excluding hydrogens is 398 g/mol. The molecular formula is C23H27N3O5. The van der Waals surface area contributed by atoms with Gasteiger partial charge in [0.05, 0.1) is 25.7 Å². The highest BCUT2D eigenvalue weighted by molar-refractivity contribution is 6.01. The number of allylic oxidation sites excluding steroid dienone is 2. The second-order valence-corrected chi connectivity index (χ2v) is 8.76. The predicted molar refractivity (Wildman–Crippen MR) is 117 cm³/mol. The molecule has 0 amide bonds. The van der Waals surface area contributed by atoms with Crippen LogP contribution in [0.5, 0.6) is 11.5 Å². The third-order valence-electron chi connectivity index (χ3n) is 6.07. The maximum Gasteiger partial charge on any atom is 0.329 e. The number of aromatic nitrogens is 2. The van der Waals surface area contributed by atoms with Gasteiger partial charge in [-0.05, 0) is 37.0 Å². The van der Waals surface area contributed by atoms with Crippen molar-refractivity contribution in [3.63, 3.8) is 0 Å². The first-order chi connectivity index (χ1) is 14.7. The van der Waals surface area contributed by atoms with Gasteiger partial charge in [-0.3, -0.25) is 19.1 Å². The monoisotopic (exact) mass is 425 g/mol. The number of anilines is 1. The smallest absolute Gasteiger partial charge is 0.329 e. The average molecular weight is 425 g/mol. The third-order valence-corrected chi connectivity index (χ3v) is 6.07. The number of carbonyl (C=O) groups is 1. The number of benzene rings is 1. The number of H-pyrrole nitrogens is 1. The van der Waals surface area contributed by atoms with Crippen molar-refractivity contribution in [1.29, 1.82) is 0 Å². The van der Waals surface area contributed by atoms with Crippen molar-refractivity contribution in [3.05, 3.63) is 61.4 Å². The van der Waals surface area contributed by atoms with Gasteiger partial charge in [0.15, 0.2) is 5.78 Å². The number of hydrogen-bond donors (Lipinski definition) is 2. The van der Waals surface area contributed by atoms with E-state index >= 15 is 0 Å². The Morgan fingerprint density at radius 3 is 2.52 bits per heavy atom. The van der Waals surface area contributed by atoms with Crippen LogP contribution in [0.25, 0.3) is 0 Å². The van der Waals surface area contributed by atoms with Crippen molar-refractivity contribution in [2.45, 2.75) is 46.1 Å². The van der Waals surface area contributed by atoms with Gasteiger partial charge in [-0.15, -0.1) is 0 Å². The molecule has 1 aliphatic heterocycles. The second-order valence-electron chi connectivity index (χ2n) is 8.76. The van der Waals surface area contributed by atoms with E-state index in [4.69, 9.17) is 9.47 Å². The summed E-state index contributed by atoms with van der Waals surface area (Å²) in [7, 11) is 3.11. The van der Waals surface area contributed by atoms with E-state index in [1.165, 1.54) is 4.57 Å². The Morgan fingerprint density at radius 1 is 1.13 bits per heavy atom. The van der Waals surface area contributed by atoms with Gasteiger partial charge in [-0.1, -0.05) is 13.8 Å². The van der Waals surface area contributed by atoms with E-state index in [0.717, 1.165) is 5.70 Å². The van der Waals surface area contributed by atoms with E-state index in [2.05, 4.69) is 10.3 Å². The van der Waals surface area contributed by atoms with Crippen molar-refractivity contribution in [3.8, 4) is 11.5 Å². The van der Waals surface area contributed by atoms with E-state index < -0.39 is 17.2 Å². The number of fused-ring (bicyclic) bond motifs is 1. The van der Waals surface area contributed by atoms with E-state index in [9.17, 15) is 14.4 Å². The summed E-state index contributed by atoms with van der Waals surface area (Å²) in [5.74, 6) is 0.851. The number of ether oxygens (including phenoxy) is 2. The number of ketones is 1. The minimum Gasteiger partial charge on any atom is -0.497 e. The molecule has 8 nitrogen and oxygen atoms in total. The molecule has 4 rings (SSSR count). The van der Waals surface area contributed by atoms with Gasteiger partial charge in [0.2, 0.25) is 0 Å². The molecule has 0 saturated carbocycles. The molecule has 2 heterocycles. The highest BCUT2D eigenvalue weighted by Crippen LogP contribution is 2.49. The average Bonchev–Trinajstić information content (AvgIpc) is 2.71. The van der Waals surface area contributed by atoms with Gasteiger partial charge in [0.1, 0.15) is 17.3 Å². The molecule has 1 aliphatic carbocycles. The van der Waals surface area contributed by atoms with E-state index in [1.807, 2.05) is 20.8 Å². The Morgan fingerprint density at radius 2 is 1.87 bits per heavy atom. The van der Waals surface area contributed by atoms with Crippen LogP contribution in [0.1, 0.15) is 50.7 Å². The van der Waals surface area contributed by atoms with Gasteiger partial charge in [0, 0.05) is 29.8 Å². The second kappa shape index (κ2) is 7.44. The fraction of sp³-hybridized carbons (Fsp3) is 0.435. The molecule has 0 fully saturated rings. The van der Waals surface area contributed by atoms with E-state index in [-0.39, 0.29) is 11.2 Å². The number of Topliss-reactive ketones (excluding diaryl/α,β-unsaturated/α-hetero) is 1. The molecule has 0 bridgehead atoms. The summed E-state index contributed by atoms with van der Waals surface area (Å²) in [5, 5.41) is 3.28. The molecule has 0 spiro atoms. The van der Waals surface area contributed by atoms with Crippen LogP contribution < -0.4 is 26.0 Å². The molecule has 2 aliphatic rings. The molecule has 2 N–H and O–H groups in total. The van der Waals surface area contributed by atoms with Gasteiger partial charge in [-0.25, -0.2) is 4.79 Å². The van der Waals surface area contributed by atoms with Crippen molar-refractivity contribution < 1.29 is 14.3 Å². The standard InChI is InChI=1S/C23H27N3O5/c1-6-26-20-19(21(28)25-22(26)29)17(13-9-12(30-4)7-8-16(13)31-5)18-14(24-20)10-23(2,3)11-15(18)27/h7-9,17,24H,6,10-11H2,1-5H3,(H,25,28,29). The largest absolute Gasteiger partial charge is 0.497 e. The predicted octanol–water partition coefficient (Wildman–Crippen LogP) is 2.77. The topological polar surface area (TPSA) is 102 Å². The van der Waals surface area contributed by atoms with Crippen molar-refractivity contribution in [1.82, 2.24) is 9.55 Å². The van der Waals surface area contributed by atoms with Crippen molar-refractivity contribution in [2.24, 2.45) is 5.41 Å². The van der Waals surface area contributed by atoms with Crippen LogP contribution in [0.2, 0.25) is 0 Å². The first-order valence-electron chi connectivity index (χ1n) is 10.3.